The second kappa shape index (κ2) is 14.1. The molecular weight excluding hydrogens is 769 g/mol. The average molecular weight is 841 g/mol. The van der Waals surface area contributed by atoms with Crippen molar-refractivity contribution in [3.8, 4) is 22.3 Å². The summed E-state index contributed by atoms with van der Waals surface area (Å²) >= 11 is 0. The van der Waals surface area contributed by atoms with Gasteiger partial charge in [-0.15, -0.1) is 0 Å². The number of hydrogen-bond donors (Lipinski definition) is 0. The zero-order chi connectivity index (χ0) is 46.4. The molecule has 0 aromatic heterocycles. The molecule has 0 spiro atoms. The van der Waals surface area contributed by atoms with E-state index in [9.17, 15) is 0 Å². The monoisotopic (exact) mass is 841 g/mol. The highest BCUT2D eigenvalue weighted by Gasteiger charge is 2.28. The molecule has 0 saturated heterocycles. The highest BCUT2D eigenvalue weighted by Crippen LogP contribution is 2.51. The molecule has 0 atom stereocenters. The number of benzene rings is 9. The van der Waals surface area contributed by atoms with Gasteiger partial charge in [0.05, 0.1) is 0 Å². The summed E-state index contributed by atoms with van der Waals surface area (Å²) in [4.78, 5) is 0. The van der Waals surface area contributed by atoms with E-state index >= 15 is 0 Å². The van der Waals surface area contributed by atoms with Crippen LogP contribution < -0.4 is 0 Å². The van der Waals surface area contributed by atoms with Crippen LogP contribution in [0.2, 0.25) is 0 Å². The summed E-state index contributed by atoms with van der Waals surface area (Å²) in [5.41, 5.74) is 13.4. The van der Waals surface area contributed by atoms with Gasteiger partial charge in [-0.2, -0.15) is 0 Å². The van der Waals surface area contributed by atoms with E-state index in [4.69, 9.17) is 0 Å². The first kappa shape index (κ1) is 44.0. The highest BCUT2D eigenvalue weighted by atomic mass is 14.3. The van der Waals surface area contributed by atoms with Crippen molar-refractivity contribution in [2.45, 2.75) is 157 Å². The molecule has 0 saturated carbocycles. The van der Waals surface area contributed by atoms with Crippen LogP contribution in [0.1, 0.15) is 158 Å². The van der Waals surface area contributed by atoms with Gasteiger partial charge < -0.3 is 0 Å². The smallest absolute Gasteiger partial charge is 0.00201 e. The Morgan fingerprint density at radius 3 is 0.797 bits per heavy atom. The van der Waals surface area contributed by atoms with E-state index in [1.165, 1.54) is 120 Å². The Labute approximate surface area is 384 Å². The molecule has 0 radical (unpaired) electrons. The van der Waals surface area contributed by atoms with Crippen LogP contribution in [0.25, 0.3) is 86.9 Å². The zero-order valence-corrected chi connectivity index (χ0v) is 42.4. The molecule has 0 aliphatic heterocycles. The minimum Gasteiger partial charge on any atom is -0.0616 e. The first-order chi connectivity index (χ1) is 29.5. The third-order valence-electron chi connectivity index (χ3n) is 14.4. The maximum Gasteiger partial charge on any atom is -0.00201 e. The van der Waals surface area contributed by atoms with Crippen molar-refractivity contribution in [3.63, 3.8) is 0 Å². The Balaban J connectivity index is 1.60. The van der Waals surface area contributed by atoms with Crippen molar-refractivity contribution in [1.82, 2.24) is 0 Å². The molecular formula is C64H72. The lowest BCUT2D eigenvalue weighted by atomic mass is 9.75. The molecule has 9 aromatic rings. The summed E-state index contributed by atoms with van der Waals surface area (Å²) < 4.78 is 0. The average Bonchev–Trinajstić information content (AvgIpc) is 3.18. The summed E-state index contributed by atoms with van der Waals surface area (Å²) in [5.74, 6) is 0. The van der Waals surface area contributed by atoms with Gasteiger partial charge in [0.2, 0.25) is 0 Å². The van der Waals surface area contributed by atoms with Crippen LogP contribution in [0.5, 0.6) is 0 Å². The first-order valence-electron chi connectivity index (χ1n) is 23.9. The van der Waals surface area contributed by atoms with E-state index in [0.29, 0.717) is 0 Å². The molecule has 0 N–H and O–H groups in total. The maximum absolute atomic E-state index is 2.63. The van der Waals surface area contributed by atoms with Gasteiger partial charge in [0.1, 0.15) is 0 Å². The van der Waals surface area contributed by atoms with Crippen molar-refractivity contribution in [1.29, 1.82) is 0 Å². The summed E-state index contributed by atoms with van der Waals surface area (Å²) in [6.07, 6.45) is 0. The van der Waals surface area contributed by atoms with Gasteiger partial charge in [-0.3, -0.25) is 0 Å². The number of hydrogen-bond acceptors (Lipinski definition) is 0. The predicted octanol–water partition coefficient (Wildman–Crippen LogP) is 19.2. The van der Waals surface area contributed by atoms with Gasteiger partial charge in [0, 0.05) is 0 Å². The summed E-state index contributed by atoms with van der Waals surface area (Å²) in [5, 5.41) is 16.0. The van der Waals surface area contributed by atoms with E-state index in [0.717, 1.165) is 0 Å². The van der Waals surface area contributed by atoms with E-state index in [-0.39, 0.29) is 32.5 Å². The Morgan fingerprint density at radius 1 is 0.234 bits per heavy atom. The molecule has 0 heteroatoms. The fourth-order valence-corrected chi connectivity index (χ4v) is 10.2. The van der Waals surface area contributed by atoms with E-state index in [2.05, 4.69) is 234 Å². The molecule has 0 unspecified atom stereocenters. The first-order valence-corrected chi connectivity index (χ1v) is 23.9. The van der Waals surface area contributed by atoms with Crippen LogP contribution in [0, 0.1) is 0 Å². The van der Waals surface area contributed by atoms with Crippen molar-refractivity contribution in [3.05, 3.63) is 143 Å². The molecule has 0 nitrogen and oxygen atoms in total. The Kier molecular flexibility index (Phi) is 9.73. The Hall–Kier alpha value is -5.20. The SMILES string of the molecule is CC(C)(C)c1cc(-c2c3ccccc3c(-c3cc(C(C)(C)C)cc(C(C)(C)C)c3)c3cc4c(cc23)c2cc(C(C)(C)C)cc3ccc5cc(C(C)(C)C)cc4c5c32)cc(C(C)(C)C)c1. The molecule has 0 amide bonds. The lowest BCUT2D eigenvalue weighted by Crippen LogP contribution is -2.16. The Bertz CT molecular complexity index is 3050. The highest BCUT2D eigenvalue weighted by molar-refractivity contribution is 6.36. The lowest BCUT2D eigenvalue weighted by Gasteiger charge is -2.28. The van der Waals surface area contributed by atoms with Crippen molar-refractivity contribution in [2.24, 2.45) is 0 Å². The minimum absolute atomic E-state index is 0.0128. The van der Waals surface area contributed by atoms with Gasteiger partial charge in [-0.1, -0.05) is 210 Å². The molecule has 0 aliphatic rings. The fourth-order valence-electron chi connectivity index (χ4n) is 10.2. The third-order valence-corrected chi connectivity index (χ3v) is 14.4. The quantitative estimate of drug-likeness (QED) is 0.120. The van der Waals surface area contributed by atoms with Crippen LogP contribution in [0.3, 0.4) is 0 Å². The van der Waals surface area contributed by atoms with Crippen LogP contribution in [0.4, 0.5) is 0 Å². The molecule has 9 aromatic carbocycles. The van der Waals surface area contributed by atoms with Crippen LogP contribution in [-0.2, 0) is 32.5 Å². The van der Waals surface area contributed by atoms with Crippen LogP contribution >= 0.6 is 0 Å². The summed E-state index contributed by atoms with van der Waals surface area (Å²) in [7, 11) is 0. The second-order valence-electron chi connectivity index (χ2n) is 25.6. The topological polar surface area (TPSA) is 0 Å². The van der Waals surface area contributed by atoms with Gasteiger partial charge in [-0.25, -0.2) is 0 Å². The van der Waals surface area contributed by atoms with Gasteiger partial charge in [0.25, 0.3) is 0 Å². The van der Waals surface area contributed by atoms with Crippen LogP contribution in [0.15, 0.2) is 109 Å². The molecule has 64 heavy (non-hydrogen) atoms. The molecule has 328 valence electrons. The lowest BCUT2D eigenvalue weighted by molar-refractivity contribution is 0.568. The van der Waals surface area contributed by atoms with Crippen molar-refractivity contribution >= 4 is 64.6 Å². The number of fused-ring (bicyclic) bond motifs is 5. The van der Waals surface area contributed by atoms with Crippen molar-refractivity contribution < 1.29 is 0 Å². The third kappa shape index (κ3) is 7.38. The Morgan fingerprint density at radius 2 is 0.516 bits per heavy atom. The molecule has 0 aliphatic carbocycles. The molecule has 9 rings (SSSR count). The van der Waals surface area contributed by atoms with Gasteiger partial charge in [0.15, 0.2) is 0 Å². The van der Waals surface area contributed by atoms with E-state index < -0.39 is 0 Å². The maximum atomic E-state index is 2.63. The fraction of sp³-hybridized carbons (Fsp3) is 0.375. The largest absolute Gasteiger partial charge is 0.0616 e. The van der Waals surface area contributed by atoms with Gasteiger partial charge >= 0.3 is 0 Å². The normalized spacial score (nSPS) is 13.8. The second-order valence-corrected chi connectivity index (χ2v) is 25.6. The van der Waals surface area contributed by atoms with E-state index in [1.54, 1.807) is 0 Å². The number of rotatable bonds is 2. The molecule has 0 fully saturated rings. The van der Waals surface area contributed by atoms with Crippen molar-refractivity contribution in [2.75, 3.05) is 0 Å². The van der Waals surface area contributed by atoms with Crippen LogP contribution in [-0.4, -0.2) is 0 Å². The standard InChI is InChI=1S/C64H72/c1-59(2,3)41-27-39(28-42(31-41)60(4,5)6)55-47-21-19-20-22-48(47)56(40-29-43(61(7,8)9)32-44(30-40)62(10,11)12)54-36-50-49(35-53(54)55)51-33-45(63(13,14)15)25-37-23-24-38-26-46(64(16,17)18)34-52(50)58(38)57(37)51/h19-36H,1-18H3. The summed E-state index contributed by atoms with van der Waals surface area (Å²) in [6.45, 7) is 42.5. The predicted molar refractivity (Wildman–Crippen MR) is 286 cm³/mol. The molecule has 0 bridgehead atoms. The molecule has 0 heterocycles. The van der Waals surface area contributed by atoms with Gasteiger partial charge in [-0.05, 0) is 177 Å². The zero-order valence-electron chi connectivity index (χ0n) is 42.4. The summed E-state index contributed by atoms with van der Waals surface area (Å²) in [6, 6.07) is 44.3. The minimum atomic E-state index is -0.0242. The van der Waals surface area contributed by atoms with E-state index in [1.807, 2.05) is 0 Å².